The minimum absolute atomic E-state index is 0.170. The lowest BCUT2D eigenvalue weighted by Crippen LogP contribution is -2.30. The van der Waals surface area contributed by atoms with Crippen molar-refractivity contribution in [1.82, 2.24) is 0 Å². The average Bonchev–Trinajstić information content (AvgIpc) is 2.68. The Morgan fingerprint density at radius 3 is 2.94 bits per heavy atom. The van der Waals surface area contributed by atoms with E-state index >= 15 is 0 Å². The normalized spacial score (nSPS) is 22.0. The first-order chi connectivity index (χ1) is 7.65. The molecule has 1 saturated heterocycles. The summed E-state index contributed by atoms with van der Waals surface area (Å²) in [6.07, 6.45) is 2.37. The van der Waals surface area contributed by atoms with E-state index in [1.54, 1.807) is 6.07 Å². The Morgan fingerprint density at radius 1 is 1.50 bits per heavy atom. The molecule has 2 rings (SSSR count). The molecule has 2 unspecified atom stereocenters. The summed E-state index contributed by atoms with van der Waals surface area (Å²) in [5.74, 6) is -0.318. The molecule has 0 bridgehead atoms. The molecule has 4 heteroatoms. The van der Waals surface area contributed by atoms with Crippen molar-refractivity contribution >= 4 is 11.4 Å². The van der Waals surface area contributed by atoms with Crippen molar-refractivity contribution < 1.29 is 9.13 Å². The summed E-state index contributed by atoms with van der Waals surface area (Å²) in [4.78, 5) is 0. The molecule has 1 heterocycles. The molecule has 88 valence electrons. The van der Waals surface area contributed by atoms with Crippen LogP contribution in [0, 0.1) is 5.82 Å². The molecule has 0 radical (unpaired) electrons. The fourth-order valence-electron chi connectivity index (χ4n) is 2.05. The molecule has 0 aliphatic carbocycles. The molecule has 16 heavy (non-hydrogen) atoms. The van der Waals surface area contributed by atoms with Gasteiger partial charge in [0.1, 0.15) is 5.82 Å². The van der Waals surface area contributed by atoms with E-state index in [-0.39, 0.29) is 18.0 Å². The van der Waals surface area contributed by atoms with Crippen LogP contribution in [0.1, 0.15) is 19.8 Å². The highest BCUT2D eigenvalue weighted by Gasteiger charge is 2.22. The Balaban J connectivity index is 2.02. The van der Waals surface area contributed by atoms with Crippen molar-refractivity contribution in [3.05, 3.63) is 24.0 Å². The lowest BCUT2D eigenvalue weighted by atomic mass is 10.1. The monoisotopic (exact) mass is 224 g/mol. The molecule has 3 nitrogen and oxygen atoms in total. The second-order valence-electron chi connectivity index (χ2n) is 4.26. The predicted octanol–water partition coefficient (Wildman–Crippen LogP) is 2.39. The summed E-state index contributed by atoms with van der Waals surface area (Å²) >= 11 is 0. The summed E-state index contributed by atoms with van der Waals surface area (Å²) in [6.45, 7) is 2.86. The quantitative estimate of drug-likeness (QED) is 0.775. The second-order valence-corrected chi connectivity index (χ2v) is 4.26. The Labute approximate surface area is 94.8 Å². The molecule has 2 atom stereocenters. The molecule has 1 fully saturated rings. The molecular formula is C12H17FN2O. The maximum atomic E-state index is 13.1. The molecule has 0 amide bonds. The smallest absolute Gasteiger partial charge is 0.127 e. The van der Waals surface area contributed by atoms with Gasteiger partial charge in [-0.05, 0) is 38.0 Å². The highest BCUT2D eigenvalue weighted by molar-refractivity contribution is 5.55. The Bertz CT molecular complexity index is 344. The molecule has 3 N–H and O–H groups in total. The van der Waals surface area contributed by atoms with Gasteiger partial charge in [-0.15, -0.1) is 0 Å². The molecule has 0 saturated carbocycles. The van der Waals surface area contributed by atoms with E-state index in [2.05, 4.69) is 5.32 Å². The maximum Gasteiger partial charge on any atom is 0.127 e. The number of halogens is 1. The van der Waals surface area contributed by atoms with Crippen LogP contribution in [-0.4, -0.2) is 18.8 Å². The van der Waals surface area contributed by atoms with E-state index < -0.39 is 0 Å². The van der Waals surface area contributed by atoms with Crippen LogP contribution in [0.3, 0.4) is 0 Å². The molecule has 1 aromatic rings. The number of hydrogen-bond donors (Lipinski definition) is 2. The standard InChI is InChI=1S/C12H17FN2O/c1-8(12-3-2-4-16-12)15-11-6-9(13)5-10(14)7-11/h5-8,12,15H,2-4,14H2,1H3. The third-order valence-electron chi connectivity index (χ3n) is 2.84. The van der Waals surface area contributed by atoms with Gasteiger partial charge in [0.05, 0.1) is 6.10 Å². The van der Waals surface area contributed by atoms with Gasteiger partial charge in [0.25, 0.3) is 0 Å². The van der Waals surface area contributed by atoms with Crippen molar-refractivity contribution in [3.63, 3.8) is 0 Å². The van der Waals surface area contributed by atoms with Gasteiger partial charge in [0.15, 0.2) is 0 Å². The number of nitrogens with one attached hydrogen (secondary N) is 1. The van der Waals surface area contributed by atoms with Crippen LogP contribution in [0.5, 0.6) is 0 Å². The van der Waals surface area contributed by atoms with Gasteiger partial charge < -0.3 is 15.8 Å². The average molecular weight is 224 g/mol. The van der Waals surface area contributed by atoms with Gasteiger partial charge in [-0.25, -0.2) is 4.39 Å². The van der Waals surface area contributed by atoms with Gasteiger partial charge in [-0.3, -0.25) is 0 Å². The lowest BCUT2D eigenvalue weighted by Gasteiger charge is -2.21. The Morgan fingerprint density at radius 2 is 2.31 bits per heavy atom. The SMILES string of the molecule is CC(Nc1cc(N)cc(F)c1)C1CCCO1. The summed E-state index contributed by atoms with van der Waals surface area (Å²) in [5.41, 5.74) is 6.72. The van der Waals surface area contributed by atoms with Crippen LogP contribution in [0.15, 0.2) is 18.2 Å². The molecular weight excluding hydrogens is 207 g/mol. The topological polar surface area (TPSA) is 47.3 Å². The molecule has 1 aliphatic heterocycles. The van der Waals surface area contributed by atoms with Gasteiger partial charge >= 0.3 is 0 Å². The number of nitrogens with two attached hydrogens (primary N) is 1. The van der Waals surface area contributed by atoms with E-state index in [0.29, 0.717) is 11.4 Å². The van der Waals surface area contributed by atoms with Crippen molar-refractivity contribution in [3.8, 4) is 0 Å². The van der Waals surface area contributed by atoms with Crippen molar-refractivity contribution in [1.29, 1.82) is 0 Å². The zero-order chi connectivity index (χ0) is 11.5. The van der Waals surface area contributed by atoms with Gasteiger partial charge in [-0.2, -0.15) is 0 Å². The third kappa shape index (κ3) is 2.64. The highest BCUT2D eigenvalue weighted by Crippen LogP contribution is 2.21. The Kier molecular flexibility index (Phi) is 3.29. The number of anilines is 2. The first-order valence-corrected chi connectivity index (χ1v) is 5.59. The van der Waals surface area contributed by atoms with Crippen LogP contribution in [0.2, 0.25) is 0 Å². The first kappa shape index (κ1) is 11.2. The number of ether oxygens (including phenoxy) is 1. The molecule has 0 spiro atoms. The van der Waals surface area contributed by atoms with E-state index in [9.17, 15) is 4.39 Å². The van der Waals surface area contributed by atoms with E-state index in [1.807, 2.05) is 6.92 Å². The Hall–Kier alpha value is -1.29. The summed E-state index contributed by atoms with van der Waals surface area (Å²) in [7, 11) is 0. The van der Waals surface area contributed by atoms with Gasteiger partial charge in [0, 0.05) is 24.0 Å². The van der Waals surface area contributed by atoms with Crippen LogP contribution >= 0.6 is 0 Å². The van der Waals surface area contributed by atoms with Crippen molar-refractivity contribution in [2.24, 2.45) is 0 Å². The molecule has 1 aliphatic rings. The van der Waals surface area contributed by atoms with Crippen LogP contribution in [0.4, 0.5) is 15.8 Å². The van der Waals surface area contributed by atoms with Gasteiger partial charge in [-0.1, -0.05) is 0 Å². The second kappa shape index (κ2) is 4.70. The van der Waals surface area contributed by atoms with E-state index in [0.717, 1.165) is 19.4 Å². The predicted molar refractivity (Wildman–Crippen MR) is 62.9 cm³/mol. The van der Waals surface area contributed by atoms with Crippen LogP contribution < -0.4 is 11.1 Å². The maximum absolute atomic E-state index is 13.1. The van der Waals surface area contributed by atoms with Crippen molar-refractivity contribution in [2.45, 2.75) is 31.9 Å². The number of benzene rings is 1. The summed E-state index contributed by atoms with van der Waals surface area (Å²) in [5, 5.41) is 3.22. The zero-order valence-electron chi connectivity index (χ0n) is 9.37. The fraction of sp³-hybridized carbons (Fsp3) is 0.500. The third-order valence-corrected chi connectivity index (χ3v) is 2.84. The number of hydrogen-bond acceptors (Lipinski definition) is 3. The van der Waals surface area contributed by atoms with Crippen molar-refractivity contribution in [2.75, 3.05) is 17.7 Å². The summed E-state index contributed by atoms with van der Waals surface area (Å²) in [6, 6.07) is 4.65. The first-order valence-electron chi connectivity index (χ1n) is 5.59. The van der Waals surface area contributed by atoms with Crippen LogP contribution in [0.25, 0.3) is 0 Å². The molecule has 1 aromatic carbocycles. The number of rotatable bonds is 3. The highest BCUT2D eigenvalue weighted by atomic mass is 19.1. The zero-order valence-corrected chi connectivity index (χ0v) is 9.37. The van der Waals surface area contributed by atoms with Crippen LogP contribution in [-0.2, 0) is 4.74 Å². The fourth-order valence-corrected chi connectivity index (χ4v) is 2.05. The summed E-state index contributed by atoms with van der Waals surface area (Å²) < 4.78 is 18.7. The van der Waals surface area contributed by atoms with E-state index in [4.69, 9.17) is 10.5 Å². The number of nitrogen functional groups attached to an aromatic ring is 1. The minimum atomic E-state index is -0.318. The van der Waals surface area contributed by atoms with E-state index in [1.165, 1.54) is 12.1 Å². The lowest BCUT2D eigenvalue weighted by molar-refractivity contribution is 0.0996. The molecule has 0 aromatic heterocycles. The van der Waals surface area contributed by atoms with Gasteiger partial charge in [0.2, 0.25) is 0 Å². The largest absolute Gasteiger partial charge is 0.399 e. The minimum Gasteiger partial charge on any atom is -0.399 e.